The molecule has 1 atom stereocenters. The monoisotopic (exact) mass is 548 g/mol. The number of carbonyl (C=O) groups is 1. The zero-order valence-corrected chi connectivity index (χ0v) is 22.7. The molecule has 0 bridgehead atoms. The minimum atomic E-state index is -0.456. The molecule has 4 heterocycles. The summed E-state index contributed by atoms with van der Waals surface area (Å²) in [6, 6.07) is 18.3. The summed E-state index contributed by atoms with van der Waals surface area (Å²) in [6.45, 7) is 3.85. The molecule has 41 heavy (non-hydrogen) atoms. The molecule has 206 valence electrons. The standard InChI is InChI=1S/C30H28N8O3/c1-30(2)23-15-20(9-10-21(23)28(40)38(30)3)33-29-32-16-22(27-35-25(37-41-27)19-11-13-31-14-12-19)26(36-29)34-24(17-39)18-7-5-4-6-8-18/h4-16,24,39H,17H2,1-3H3,(H2,32,33,34,36)/t24-/m1/s1. The van der Waals surface area contributed by atoms with Crippen LogP contribution < -0.4 is 10.6 Å². The van der Waals surface area contributed by atoms with Crippen molar-refractivity contribution in [3.8, 4) is 22.8 Å². The summed E-state index contributed by atoms with van der Waals surface area (Å²) >= 11 is 0. The fourth-order valence-electron chi connectivity index (χ4n) is 4.80. The summed E-state index contributed by atoms with van der Waals surface area (Å²) < 4.78 is 5.60. The number of aliphatic hydroxyl groups is 1. The van der Waals surface area contributed by atoms with Gasteiger partial charge in [-0.1, -0.05) is 35.5 Å². The van der Waals surface area contributed by atoms with Gasteiger partial charge >= 0.3 is 0 Å². The smallest absolute Gasteiger partial charge is 0.263 e. The van der Waals surface area contributed by atoms with Gasteiger partial charge in [-0.2, -0.15) is 9.97 Å². The first-order chi connectivity index (χ1) is 19.8. The lowest BCUT2D eigenvalue weighted by molar-refractivity contribution is 0.0691. The van der Waals surface area contributed by atoms with Crippen LogP contribution in [0.15, 0.2) is 83.8 Å². The highest BCUT2D eigenvalue weighted by molar-refractivity contribution is 6.00. The number of nitrogens with one attached hydrogen (secondary N) is 2. The maximum absolute atomic E-state index is 12.7. The molecule has 0 saturated carbocycles. The molecule has 0 saturated heterocycles. The maximum atomic E-state index is 12.7. The SMILES string of the molecule is CN1C(=O)c2ccc(Nc3ncc(-c4nc(-c5ccncc5)no4)c(N[C@H](CO)c4ccccc4)n3)cc2C1(C)C. The van der Waals surface area contributed by atoms with Crippen molar-refractivity contribution >= 4 is 23.4 Å². The Morgan fingerprint density at radius 1 is 1.02 bits per heavy atom. The number of fused-ring (bicyclic) bond motifs is 1. The lowest BCUT2D eigenvalue weighted by Crippen LogP contribution is -2.35. The van der Waals surface area contributed by atoms with E-state index >= 15 is 0 Å². The van der Waals surface area contributed by atoms with E-state index in [1.165, 1.54) is 0 Å². The Hall–Kier alpha value is -5.16. The van der Waals surface area contributed by atoms with E-state index in [1.54, 1.807) is 42.7 Å². The normalized spacial score (nSPS) is 14.5. The Labute approximate surface area is 236 Å². The van der Waals surface area contributed by atoms with Crippen LogP contribution in [0.5, 0.6) is 0 Å². The third-order valence-electron chi connectivity index (χ3n) is 7.39. The first-order valence-corrected chi connectivity index (χ1v) is 13.1. The van der Waals surface area contributed by atoms with Gasteiger partial charge in [0, 0.05) is 42.5 Å². The van der Waals surface area contributed by atoms with Crippen LogP contribution in [-0.4, -0.2) is 54.7 Å². The molecule has 0 unspecified atom stereocenters. The van der Waals surface area contributed by atoms with Crippen LogP contribution in [0, 0.1) is 0 Å². The van der Waals surface area contributed by atoms with Crippen molar-refractivity contribution in [2.75, 3.05) is 24.3 Å². The van der Waals surface area contributed by atoms with E-state index in [1.807, 2.05) is 62.4 Å². The van der Waals surface area contributed by atoms with Crippen LogP contribution >= 0.6 is 0 Å². The molecule has 6 rings (SSSR count). The number of rotatable bonds is 8. The van der Waals surface area contributed by atoms with Crippen molar-refractivity contribution in [1.29, 1.82) is 0 Å². The Kier molecular flexibility index (Phi) is 6.64. The number of anilines is 3. The van der Waals surface area contributed by atoms with Crippen molar-refractivity contribution in [3.63, 3.8) is 0 Å². The first kappa shape index (κ1) is 26.1. The Morgan fingerprint density at radius 2 is 1.80 bits per heavy atom. The molecule has 0 aliphatic carbocycles. The van der Waals surface area contributed by atoms with E-state index in [-0.39, 0.29) is 18.4 Å². The number of carbonyl (C=O) groups excluding carboxylic acids is 1. The van der Waals surface area contributed by atoms with Gasteiger partial charge in [0.2, 0.25) is 11.8 Å². The van der Waals surface area contributed by atoms with Gasteiger partial charge in [0.25, 0.3) is 11.8 Å². The van der Waals surface area contributed by atoms with Gasteiger partial charge in [-0.15, -0.1) is 0 Å². The molecule has 0 spiro atoms. The summed E-state index contributed by atoms with van der Waals surface area (Å²) in [5.74, 6) is 1.32. The number of aliphatic hydroxyl groups excluding tert-OH is 1. The van der Waals surface area contributed by atoms with Crippen molar-refractivity contribution in [2.45, 2.75) is 25.4 Å². The number of amides is 1. The van der Waals surface area contributed by atoms with Crippen LogP contribution in [-0.2, 0) is 5.54 Å². The molecule has 0 radical (unpaired) electrons. The molecule has 1 aliphatic heterocycles. The minimum absolute atomic E-state index is 0.00899. The lowest BCUT2D eigenvalue weighted by atomic mass is 9.93. The van der Waals surface area contributed by atoms with Crippen LogP contribution in [0.3, 0.4) is 0 Å². The van der Waals surface area contributed by atoms with Gasteiger partial charge in [-0.3, -0.25) is 9.78 Å². The second kappa shape index (κ2) is 10.4. The second-order valence-electron chi connectivity index (χ2n) is 10.2. The summed E-state index contributed by atoms with van der Waals surface area (Å²) in [7, 11) is 1.80. The van der Waals surface area contributed by atoms with Gasteiger partial charge in [0.15, 0.2) is 0 Å². The molecule has 11 heteroatoms. The Balaban J connectivity index is 1.36. The van der Waals surface area contributed by atoms with Crippen molar-refractivity contribution < 1.29 is 14.4 Å². The Morgan fingerprint density at radius 3 is 2.56 bits per heavy atom. The highest BCUT2D eigenvalue weighted by Crippen LogP contribution is 2.39. The van der Waals surface area contributed by atoms with Crippen molar-refractivity contribution in [3.05, 3.63) is 95.9 Å². The molecule has 3 aromatic heterocycles. The quantitative estimate of drug-likeness (QED) is 0.247. The molecule has 1 amide bonds. The van der Waals surface area contributed by atoms with Crippen LogP contribution in [0.4, 0.5) is 17.5 Å². The average Bonchev–Trinajstić information content (AvgIpc) is 3.55. The van der Waals surface area contributed by atoms with Crippen LogP contribution in [0.2, 0.25) is 0 Å². The topological polar surface area (TPSA) is 142 Å². The van der Waals surface area contributed by atoms with Gasteiger partial charge < -0.3 is 25.2 Å². The number of aromatic nitrogens is 5. The number of pyridine rings is 1. The third-order valence-corrected chi connectivity index (χ3v) is 7.39. The predicted octanol–water partition coefficient (Wildman–Crippen LogP) is 4.80. The number of nitrogens with zero attached hydrogens (tertiary/aromatic N) is 6. The minimum Gasteiger partial charge on any atom is -0.394 e. The molecule has 0 fully saturated rings. The highest BCUT2D eigenvalue weighted by atomic mass is 16.5. The van der Waals surface area contributed by atoms with Crippen LogP contribution in [0.25, 0.3) is 22.8 Å². The summed E-state index contributed by atoms with van der Waals surface area (Å²) in [6.07, 6.45) is 4.90. The number of hydrogen-bond acceptors (Lipinski definition) is 10. The maximum Gasteiger partial charge on any atom is 0.263 e. The average molecular weight is 549 g/mol. The van der Waals surface area contributed by atoms with Gasteiger partial charge in [-0.05, 0) is 55.3 Å². The van der Waals surface area contributed by atoms with Gasteiger partial charge in [0.1, 0.15) is 11.4 Å². The fraction of sp³-hybridized carbons (Fsp3) is 0.200. The molecular formula is C30H28N8O3. The molecule has 11 nitrogen and oxygen atoms in total. The molecule has 1 aliphatic rings. The highest BCUT2D eigenvalue weighted by Gasteiger charge is 2.40. The van der Waals surface area contributed by atoms with Crippen molar-refractivity contribution in [1.82, 2.24) is 30.0 Å². The summed E-state index contributed by atoms with van der Waals surface area (Å²) in [4.78, 5) is 32.2. The number of benzene rings is 2. The van der Waals surface area contributed by atoms with E-state index in [2.05, 4.69) is 30.7 Å². The zero-order chi connectivity index (χ0) is 28.6. The van der Waals surface area contributed by atoms with Gasteiger partial charge in [0.05, 0.1) is 18.2 Å². The third kappa shape index (κ3) is 4.87. The molecule has 5 aromatic rings. The van der Waals surface area contributed by atoms with Crippen LogP contribution in [0.1, 0.15) is 41.4 Å². The summed E-state index contributed by atoms with van der Waals surface area (Å²) in [5.41, 5.74) is 3.99. The molecular weight excluding hydrogens is 520 g/mol. The Bertz CT molecular complexity index is 1710. The molecule has 3 N–H and O–H groups in total. The van der Waals surface area contributed by atoms with E-state index in [4.69, 9.17) is 9.51 Å². The summed E-state index contributed by atoms with van der Waals surface area (Å²) in [5, 5.41) is 20.9. The largest absolute Gasteiger partial charge is 0.394 e. The van der Waals surface area contributed by atoms with Crippen molar-refractivity contribution in [2.24, 2.45) is 0 Å². The fourth-order valence-corrected chi connectivity index (χ4v) is 4.80. The van der Waals surface area contributed by atoms with E-state index in [0.717, 1.165) is 22.4 Å². The lowest BCUT2D eigenvalue weighted by Gasteiger charge is -2.28. The van der Waals surface area contributed by atoms with E-state index in [9.17, 15) is 9.90 Å². The van der Waals surface area contributed by atoms with E-state index < -0.39 is 11.6 Å². The van der Waals surface area contributed by atoms with E-state index in [0.29, 0.717) is 28.7 Å². The predicted molar refractivity (Wildman–Crippen MR) is 153 cm³/mol. The second-order valence-corrected chi connectivity index (χ2v) is 10.2. The molecule has 2 aromatic carbocycles. The number of hydrogen-bond donors (Lipinski definition) is 3. The zero-order valence-electron chi connectivity index (χ0n) is 22.7. The van der Waals surface area contributed by atoms with Gasteiger partial charge in [-0.25, -0.2) is 4.98 Å². The first-order valence-electron chi connectivity index (χ1n) is 13.1.